The topological polar surface area (TPSA) is 74.6 Å². The fraction of sp³-hybridized carbons (Fsp3) is 0.0870. The van der Waals surface area contributed by atoms with Crippen LogP contribution in [0.4, 0.5) is 0 Å². The smallest absolute Gasteiger partial charge is 0.250 e. The fourth-order valence-electron chi connectivity index (χ4n) is 3.15. The Kier molecular flexibility index (Phi) is 5.44. The van der Waals surface area contributed by atoms with Gasteiger partial charge in [-0.1, -0.05) is 60.3 Å². The summed E-state index contributed by atoms with van der Waals surface area (Å²) in [5.41, 5.74) is 5.13. The number of rotatable bonds is 5. The zero-order valence-electron chi connectivity index (χ0n) is 15.8. The van der Waals surface area contributed by atoms with Crippen LogP contribution in [0.3, 0.4) is 0 Å². The van der Waals surface area contributed by atoms with Crippen LogP contribution in [-0.4, -0.2) is 28.0 Å². The minimum atomic E-state index is -0.237. The van der Waals surface area contributed by atoms with Crippen LogP contribution in [-0.2, 0) is 4.79 Å². The molecule has 2 N–H and O–H groups in total. The normalized spacial score (nSPS) is 11.3. The van der Waals surface area contributed by atoms with Crippen molar-refractivity contribution in [1.82, 2.24) is 10.4 Å². The SMILES string of the molecule is Cc1cc(SCC(=O)N/N=C\c2c(O)ccc3ccccc23)nc2ccccc12. The molecule has 0 saturated carbocycles. The average molecular weight is 401 g/mol. The quantitative estimate of drug-likeness (QED) is 0.290. The third-order valence-corrected chi connectivity index (χ3v) is 5.49. The highest BCUT2D eigenvalue weighted by Crippen LogP contribution is 2.25. The molecule has 29 heavy (non-hydrogen) atoms. The maximum absolute atomic E-state index is 12.2. The molecule has 1 amide bonds. The molecule has 0 aliphatic rings. The molecule has 0 aliphatic heterocycles. The molecule has 6 heteroatoms. The van der Waals surface area contributed by atoms with Gasteiger partial charge in [-0.15, -0.1) is 0 Å². The van der Waals surface area contributed by atoms with E-state index in [9.17, 15) is 9.90 Å². The number of carbonyl (C=O) groups excluding carboxylic acids is 1. The van der Waals surface area contributed by atoms with Gasteiger partial charge in [0.1, 0.15) is 5.75 Å². The van der Waals surface area contributed by atoms with Gasteiger partial charge in [0.05, 0.1) is 22.5 Å². The lowest BCUT2D eigenvalue weighted by Crippen LogP contribution is -2.19. The van der Waals surface area contributed by atoms with Gasteiger partial charge in [-0.25, -0.2) is 10.4 Å². The Hall–Kier alpha value is -3.38. The van der Waals surface area contributed by atoms with Crippen LogP contribution in [0.2, 0.25) is 0 Å². The van der Waals surface area contributed by atoms with Gasteiger partial charge in [-0.3, -0.25) is 4.79 Å². The first kappa shape index (κ1) is 19.0. The number of carbonyl (C=O) groups is 1. The first-order valence-corrected chi connectivity index (χ1v) is 10.1. The van der Waals surface area contributed by atoms with Crippen molar-refractivity contribution in [3.63, 3.8) is 0 Å². The molecule has 0 unspecified atom stereocenters. The van der Waals surface area contributed by atoms with Crippen molar-refractivity contribution in [3.8, 4) is 5.75 Å². The number of nitrogens with zero attached hydrogens (tertiary/aromatic N) is 2. The summed E-state index contributed by atoms with van der Waals surface area (Å²) >= 11 is 1.36. The Labute approximate surface area is 172 Å². The molecule has 0 radical (unpaired) electrons. The van der Waals surface area contributed by atoms with Crippen LogP contribution < -0.4 is 5.43 Å². The number of phenolic OH excluding ortho intramolecular Hbond substituents is 1. The summed E-state index contributed by atoms with van der Waals surface area (Å²) in [5, 5.41) is 17.9. The zero-order valence-corrected chi connectivity index (χ0v) is 16.6. The molecular formula is C23H19N3O2S. The number of hydrogen-bond acceptors (Lipinski definition) is 5. The van der Waals surface area contributed by atoms with E-state index in [0.29, 0.717) is 5.56 Å². The number of thioether (sulfide) groups is 1. The lowest BCUT2D eigenvalue weighted by atomic mass is 10.0. The summed E-state index contributed by atoms with van der Waals surface area (Å²) in [4.78, 5) is 16.8. The number of fused-ring (bicyclic) bond motifs is 2. The van der Waals surface area contributed by atoms with Gasteiger partial charge in [0.25, 0.3) is 0 Å². The molecule has 4 rings (SSSR count). The maximum Gasteiger partial charge on any atom is 0.250 e. The van der Waals surface area contributed by atoms with Gasteiger partial charge in [-0.05, 0) is 41.5 Å². The van der Waals surface area contributed by atoms with Crippen molar-refractivity contribution in [1.29, 1.82) is 0 Å². The summed E-state index contributed by atoms with van der Waals surface area (Å²) in [6, 6.07) is 21.1. The first-order valence-electron chi connectivity index (χ1n) is 9.13. The minimum absolute atomic E-state index is 0.118. The number of phenols is 1. The van der Waals surface area contributed by atoms with Crippen LogP contribution in [0.1, 0.15) is 11.1 Å². The van der Waals surface area contributed by atoms with Gasteiger partial charge in [0.15, 0.2) is 0 Å². The summed E-state index contributed by atoms with van der Waals surface area (Å²) in [7, 11) is 0. The number of nitrogens with one attached hydrogen (secondary N) is 1. The van der Waals surface area contributed by atoms with Gasteiger partial charge >= 0.3 is 0 Å². The number of benzene rings is 3. The summed E-state index contributed by atoms with van der Waals surface area (Å²) in [6.07, 6.45) is 1.47. The molecule has 4 aromatic rings. The van der Waals surface area contributed by atoms with Gasteiger partial charge in [0, 0.05) is 10.9 Å². The minimum Gasteiger partial charge on any atom is -0.507 e. The number of hydrazone groups is 1. The van der Waals surface area contributed by atoms with E-state index in [2.05, 4.69) is 15.5 Å². The number of aryl methyl sites for hydroxylation is 1. The second kappa shape index (κ2) is 8.32. The van der Waals surface area contributed by atoms with Crippen LogP contribution in [0, 0.1) is 6.92 Å². The molecule has 0 fully saturated rings. The van der Waals surface area contributed by atoms with E-state index in [-0.39, 0.29) is 17.4 Å². The van der Waals surface area contributed by atoms with Gasteiger partial charge < -0.3 is 5.11 Å². The van der Waals surface area contributed by atoms with Crippen molar-refractivity contribution in [3.05, 3.63) is 77.9 Å². The average Bonchev–Trinajstić information content (AvgIpc) is 2.74. The zero-order chi connectivity index (χ0) is 20.2. The number of amides is 1. The molecule has 1 heterocycles. The molecule has 0 aliphatic carbocycles. The van der Waals surface area contributed by atoms with E-state index >= 15 is 0 Å². The third-order valence-electron chi connectivity index (χ3n) is 4.58. The molecule has 0 spiro atoms. The number of hydrogen-bond donors (Lipinski definition) is 2. The number of aromatic hydroxyl groups is 1. The van der Waals surface area contributed by atoms with Gasteiger partial charge in [0.2, 0.25) is 5.91 Å². The molecule has 3 aromatic carbocycles. The molecule has 0 saturated heterocycles. The molecule has 5 nitrogen and oxygen atoms in total. The first-order chi connectivity index (χ1) is 14.1. The Morgan fingerprint density at radius 2 is 1.86 bits per heavy atom. The summed E-state index contributed by atoms with van der Waals surface area (Å²) in [5.74, 6) is 0.0781. The second-order valence-electron chi connectivity index (χ2n) is 6.60. The van der Waals surface area contributed by atoms with E-state index in [1.165, 1.54) is 18.0 Å². The predicted molar refractivity (Wildman–Crippen MR) is 119 cm³/mol. The van der Waals surface area contributed by atoms with Crippen molar-refractivity contribution >= 4 is 45.6 Å². The molecule has 1 aromatic heterocycles. The largest absolute Gasteiger partial charge is 0.507 e. The fourth-order valence-corrected chi connectivity index (χ4v) is 3.92. The predicted octanol–water partition coefficient (Wildman–Crippen LogP) is 4.64. The number of para-hydroxylation sites is 1. The third kappa shape index (κ3) is 4.22. The van der Waals surface area contributed by atoms with Gasteiger partial charge in [-0.2, -0.15) is 5.10 Å². The van der Waals surface area contributed by atoms with Crippen LogP contribution in [0.5, 0.6) is 5.75 Å². The molecular weight excluding hydrogens is 382 g/mol. The van der Waals surface area contributed by atoms with Crippen LogP contribution >= 0.6 is 11.8 Å². The Morgan fingerprint density at radius 3 is 2.72 bits per heavy atom. The summed E-state index contributed by atoms with van der Waals surface area (Å²) < 4.78 is 0. The monoisotopic (exact) mass is 401 g/mol. The maximum atomic E-state index is 12.2. The lowest BCUT2D eigenvalue weighted by molar-refractivity contribution is -0.118. The number of pyridine rings is 1. The standard InChI is InChI=1S/C23H19N3O2S/c1-15-12-23(25-20-9-5-4-7-17(15)20)29-14-22(28)26-24-13-19-18-8-3-2-6-16(18)10-11-21(19)27/h2-13,27H,14H2,1H3,(H,26,28)/b24-13-. The highest BCUT2D eigenvalue weighted by Gasteiger charge is 2.07. The van der Waals surface area contributed by atoms with E-state index in [1.54, 1.807) is 6.07 Å². The van der Waals surface area contributed by atoms with E-state index in [1.807, 2.05) is 67.6 Å². The van der Waals surface area contributed by atoms with Crippen molar-refractivity contribution < 1.29 is 9.90 Å². The van der Waals surface area contributed by atoms with Crippen LogP contribution in [0.15, 0.2) is 76.9 Å². The summed E-state index contributed by atoms with van der Waals surface area (Å²) in [6.45, 7) is 2.04. The van der Waals surface area contributed by atoms with E-state index in [4.69, 9.17) is 0 Å². The van der Waals surface area contributed by atoms with E-state index in [0.717, 1.165) is 32.3 Å². The molecule has 144 valence electrons. The lowest BCUT2D eigenvalue weighted by Gasteiger charge is -2.06. The Morgan fingerprint density at radius 1 is 1.10 bits per heavy atom. The van der Waals surface area contributed by atoms with Crippen molar-refractivity contribution in [2.24, 2.45) is 5.10 Å². The van der Waals surface area contributed by atoms with Crippen molar-refractivity contribution in [2.75, 3.05) is 5.75 Å². The Balaban J connectivity index is 1.42. The Bertz CT molecular complexity index is 1240. The number of aromatic nitrogens is 1. The molecule has 0 bridgehead atoms. The highest BCUT2D eigenvalue weighted by atomic mass is 32.2. The highest BCUT2D eigenvalue weighted by molar-refractivity contribution is 7.99. The van der Waals surface area contributed by atoms with Crippen LogP contribution in [0.25, 0.3) is 21.7 Å². The second-order valence-corrected chi connectivity index (χ2v) is 7.59. The van der Waals surface area contributed by atoms with E-state index < -0.39 is 0 Å². The van der Waals surface area contributed by atoms with Crippen molar-refractivity contribution in [2.45, 2.75) is 11.9 Å². The molecule has 0 atom stereocenters.